The summed E-state index contributed by atoms with van der Waals surface area (Å²) in [7, 11) is 4.15. The van der Waals surface area contributed by atoms with Crippen LogP contribution in [-0.2, 0) is 0 Å². The van der Waals surface area contributed by atoms with E-state index >= 15 is 0 Å². The molecule has 2 heteroatoms. The molecule has 0 unspecified atom stereocenters. The van der Waals surface area contributed by atoms with Crippen LogP contribution in [0.15, 0.2) is 0 Å². The summed E-state index contributed by atoms with van der Waals surface area (Å²) in [6, 6.07) is 0. The first kappa shape index (κ1) is 8.02. The number of nitrogens with two attached hydrogens (primary N) is 1. The van der Waals surface area contributed by atoms with E-state index in [1.807, 2.05) is 0 Å². The zero-order valence-electron chi connectivity index (χ0n) is 7.06. The Labute approximate surface area is 63.4 Å². The van der Waals surface area contributed by atoms with Gasteiger partial charge in [0.15, 0.2) is 5.66 Å². The Bertz CT molecular complexity index is 104. The first-order valence-corrected chi connectivity index (χ1v) is 4.11. The van der Waals surface area contributed by atoms with Crippen LogP contribution in [0.1, 0.15) is 32.1 Å². The molecule has 1 aliphatic rings. The highest BCUT2D eigenvalue weighted by Gasteiger charge is 2.37. The number of nitrogens with zero attached hydrogens (tertiary/aromatic N) is 1. The molecule has 0 bridgehead atoms. The van der Waals surface area contributed by atoms with E-state index in [9.17, 15) is 0 Å². The summed E-state index contributed by atoms with van der Waals surface area (Å²) in [5, 5.41) is 0. The molecule has 2 nitrogen and oxygen atoms in total. The Morgan fingerprint density at radius 3 is 1.90 bits per heavy atom. The lowest BCUT2D eigenvalue weighted by Gasteiger charge is -2.30. The van der Waals surface area contributed by atoms with E-state index in [1.54, 1.807) is 0 Å². The van der Waals surface area contributed by atoms with Crippen molar-refractivity contribution in [3.63, 3.8) is 0 Å². The lowest BCUT2D eigenvalue weighted by molar-refractivity contribution is 0.182. The molecule has 0 atom stereocenters. The second-order valence-corrected chi connectivity index (χ2v) is 3.56. The van der Waals surface area contributed by atoms with Gasteiger partial charge in [-0.15, -0.1) is 0 Å². The average Bonchev–Trinajstić information content (AvgIpc) is 1.89. The molecule has 1 saturated carbocycles. The molecule has 0 amide bonds. The largest absolute Gasteiger partial charge is 0.275 e. The highest BCUT2D eigenvalue weighted by atomic mass is 15.2. The molecule has 1 aliphatic carbocycles. The summed E-state index contributed by atoms with van der Waals surface area (Å²) >= 11 is 0. The Balaban J connectivity index is 2.48. The molecule has 0 spiro atoms. The van der Waals surface area contributed by atoms with E-state index in [2.05, 4.69) is 19.0 Å². The van der Waals surface area contributed by atoms with Gasteiger partial charge in [0.2, 0.25) is 0 Å². The van der Waals surface area contributed by atoms with Crippen LogP contribution >= 0.6 is 0 Å². The smallest absolute Gasteiger partial charge is 0.193 e. The third-order valence-electron chi connectivity index (χ3n) is 2.61. The van der Waals surface area contributed by atoms with E-state index in [0.29, 0.717) is 0 Å². The standard InChI is InChI=1S/C8H18N2/c1-10(2)8(9)6-4-3-5-7-8/h3-7,9H2,1-2H3/q+1. The number of hydrogen-bond donors (Lipinski definition) is 1. The van der Waals surface area contributed by atoms with Crippen LogP contribution in [0.3, 0.4) is 0 Å². The van der Waals surface area contributed by atoms with Crippen molar-refractivity contribution in [3.8, 4) is 0 Å². The van der Waals surface area contributed by atoms with Crippen LogP contribution in [-0.4, -0.2) is 19.8 Å². The van der Waals surface area contributed by atoms with Gasteiger partial charge in [0.1, 0.15) is 14.1 Å². The molecule has 0 saturated heterocycles. The maximum Gasteiger partial charge on any atom is 0.193 e. The highest BCUT2D eigenvalue weighted by molar-refractivity contribution is 4.86. The predicted molar refractivity (Wildman–Crippen MR) is 44.0 cm³/mol. The monoisotopic (exact) mass is 142 g/mol. The minimum atomic E-state index is 0.0122. The van der Waals surface area contributed by atoms with E-state index in [0.717, 1.165) is 0 Å². The van der Waals surface area contributed by atoms with Crippen molar-refractivity contribution in [3.05, 3.63) is 0 Å². The van der Waals surface area contributed by atoms with E-state index < -0.39 is 0 Å². The van der Waals surface area contributed by atoms with Gasteiger partial charge in [0, 0.05) is 12.8 Å². The van der Waals surface area contributed by atoms with Crippen LogP contribution in [0.2, 0.25) is 0 Å². The molecule has 0 heterocycles. The topological polar surface area (TPSA) is 31.9 Å². The average molecular weight is 142 g/mol. The summed E-state index contributed by atoms with van der Waals surface area (Å²) < 4.78 is 0. The van der Waals surface area contributed by atoms with Gasteiger partial charge in [-0.1, -0.05) is 6.42 Å². The molecule has 59 valence electrons. The molecular formula is C8H18N2+. The van der Waals surface area contributed by atoms with Crippen LogP contribution in [0.25, 0.3) is 0 Å². The van der Waals surface area contributed by atoms with Gasteiger partial charge in [-0.05, 0) is 12.8 Å². The minimum Gasteiger partial charge on any atom is -0.275 e. The lowest BCUT2D eigenvalue weighted by Crippen LogP contribution is -2.56. The first-order valence-electron chi connectivity index (χ1n) is 4.11. The van der Waals surface area contributed by atoms with Crippen molar-refractivity contribution in [2.75, 3.05) is 14.1 Å². The second-order valence-electron chi connectivity index (χ2n) is 3.56. The maximum atomic E-state index is 6.13. The van der Waals surface area contributed by atoms with E-state index in [-0.39, 0.29) is 5.66 Å². The van der Waals surface area contributed by atoms with Gasteiger partial charge in [-0.2, -0.15) is 4.90 Å². The van der Waals surface area contributed by atoms with E-state index in [1.165, 1.54) is 32.1 Å². The third kappa shape index (κ3) is 1.50. The Kier molecular flexibility index (Phi) is 2.32. The lowest BCUT2D eigenvalue weighted by atomic mass is 9.89. The van der Waals surface area contributed by atoms with Gasteiger partial charge >= 0.3 is 0 Å². The van der Waals surface area contributed by atoms with Crippen LogP contribution in [0.4, 0.5) is 0 Å². The van der Waals surface area contributed by atoms with Gasteiger partial charge in [-0.3, -0.25) is 5.73 Å². The van der Waals surface area contributed by atoms with Crippen LogP contribution < -0.4 is 10.6 Å². The third-order valence-corrected chi connectivity index (χ3v) is 2.61. The second kappa shape index (κ2) is 2.89. The fourth-order valence-corrected chi connectivity index (χ4v) is 1.61. The molecule has 0 aromatic carbocycles. The summed E-state index contributed by atoms with van der Waals surface area (Å²) in [4.78, 5) is 2.16. The predicted octanol–water partition coefficient (Wildman–Crippen LogP) is 1.01. The molecule has 10 heavy (non-hydrogen) atoms. The first-order chi connectivity index (χ1) is 4.65. The summed E-state index contributed by atoms with van der Waals surface area (Å²) in [6.45, 7) is 0. The molecule has 1 rings (SSSR count). The molecule has 1 fully saturated rings. The molecule has 0 aromatic rings. The maximum absolute atomic E-state index is 6.13. The van der Waals surface area contributed by atoms with Gasteiger partial charge in [0.05, 0.1) is 0 Å². The van der Waals surface area contributed by atoms with Gasteiger partial charge in [0.25, 0.3) is 0 Å². The molecule has 0 aromatic heterocycles. The normalized spacial score (nSPS) is 25.2. The van der Waals surface area contributed by atoms with Crippen molar-refractivity contribution in [1.82, 2.24) is 4.90 Å². The molecule has 2 N–H and O–H groups in total. The fourth-order valence-electron chi connectivity index (χ4n) is 1.61. The molecule has 1 radical (unpaired) electrons. The Morgan fingerprint density at radius 2 is 1.60 bits per heavy atom. The molecule has 0 aliphatic heterocycles. The fraction of sp³-hybridized carbons (Fsp3) is 1.00. The Hall–Kier alpha value is -0.0800. The quantitative estimate of drug-likeness (QED) is 0.430. The van der Waals surface area contributed by atoms with Crippen molar-refractivity contribution in [2.24, 2.45) is 5.73 Å². The van der Waals surface area contributed by atoms with Crippen molar-refractivity contribution in [1.29, 1.82) is 0 Å². The molecular weight excluding hydrogens is 124 g/mol. The zero-order valence-corrected chi connectivity index (χ0v) is 7.06. The van der Waals surface area contributed by atoms with E-state index in [4.69, 9.17) is 5.73 Å². The van der Waals surface area contributed by atoms with Crippen molar-refractivity contribution in [2.45, 2.75) is 37.8 Å². The number of rotatable bonds is 1. The van der Waals surface area contributed by atoms with Gasteiger partial charge < -0.3 is 0 Å². The zero-order chi connectivity index (χ0) is 7.61. The summed E-state index contributed by atoms with van der Waals surface area (Å²) in [6.07, 6.45) is 6.30. The van der Waals surface area contributed by atoms with Gasteiger partial charge in [-0.25, -0.2) is 0 Å². The number of hydrogen-bond acceptors (Lipinski definition) is 2. The van der Waals surface area contributed by atoms with Crippen LogP contribution in [0.5, 0.6) is 0 Å². The minimum absolute atomic E-state index is 0.0122. The van der Waals surface area contributed by atoms with Crippen LogP contribution in [0, 0.1) is 0 Å². The summed E-state index contributed by atoms with van der Waals surface area (Å²) in [5.74, 6) is 0. The SMILES string of the molecule is C[N+](C)C1(N)CCCCC1. The Morgan fingerprint density at radius 1 is 1.10 bits per heavy atom. The van der Waals surface area contributed by atoms with Crippen molar-refractivity contribution < 1.29 is 0 Å². The summed E-state index contributed by atoms with van der Waals surface area (Å²) in [5.41, 5.74) is 6.14. The van der Waals surface area contributed by atoms with Crippen molar-refractivity contribution >= 4 is 0 Å². The highest BCUT2D eigenvalue weighted by Crippen LogP contribution is 2.25.